The molecule has 2 aliphatic carbocycles. The molecule has 2 fully saturated rings. The van der Waals surface area contributed by atoms with E-state index >= 15 is 0 Å². The highest BCUT2D eigenvalue weighted by Gasteiger charge is 2.41. The summed E-state index contributed by atoms with van der Waals surface area (Å²) in [6, 6.07) is 0. The third kappa shape index (κ3) is 2.25. The fourth-order valence-corrected chi connectivity index (χ4v) is 5.13. The minimum Gasteiger partial charge on any atom is -0.176 e. The Bertz CT molecular complexity index is 185. The highest BCUT2D eigenvalue weighted by molar-refractivity contribution is 7.82. The van der Waals surface area contributed by atoms with E-state index in [0.717, 1.165) is 17.8 Å². The van der Waals surface area contributed by atoms with Crippen molar-refractivity contribution >= 4 is 37.9 Å². The molecule has 0 nitrogen and oxygen atoms in total. The van der Waals surface area contributed by atoms with Gasteiger partial charge in [0.2, 0.25) is 0 Å². The van der Waals surface area contributed by atoms with Gasteiger partial charge in [0.05, 0.1) is 0 Å². The van der Waals surface area contributed by atoms with Crippen molar-refractivity contribution in [1.82, 2.24) is 0 Å². The molecule has 0 bridgehead atoms. The first kappa shape index (κ1) is 11.5. The van der Waals surface area contributed by atoms with Gasteiger partial charge in [-0.25, -0.2) is 0 Å². The molecule has 0 amide bonds. The summed E-state index contributed by atoms with van der Waals surface area (Å²) in [7, 11) is 0. The van der Waals surface area contributed by atoms with Crippen molar-refractivity contribution in [3.05, 3.63) is 0 Å². The van der Waals surface area contributed by atoms with Gasteiger partial charge in [0, 0.05) is 15.7 Å². The molecule has 6 atom stereocenters. The first-order chi connectivity index (χ1) is 6.58. The van der Waals surface area contributed by atoms with Gasteiger partial charge in [0.25, 0.3) is 0 Å². The second-order valence-corrected chi connectivity index (χ2v) is 7.25. The van der Waals surface area contributed by atoms with Crippen LogP contribution >= 0.6 is 37.9 Å². The Hall–Kier alpha value is 1.05. The molecule has 0 spiro atoms. The van der Waals surface area contributed by atoms with E-state index in [-0.39, 0.29) is 0 Å². The maximum Gasteiger partial charge on any atom is 0.00586 e. The van der Waals surface area contributed by atoms with Crippen molar-refractivity contribution in [3.8, 4) is 0 Å². The Morgan fingerprint density at radius 3 is 2.07 bits per heavy atom. The van der Waals surface area contributed by atoms with Crippen LogP contribution in [0.4, 0.5) is 0 Å². The second-order valence-electron chi connectivity index (χ2n) is 5.12. The molecule has 82 valence electrons. The highest BCUT2D eigenvalue weighted by atomic mass is 32.1. The Kier molecular flexibility index (Phi) is 3.71. The van der Waals surface area contributed by atoms with E-state index < -0.39 is 0 Å². The third-order valence-corrected chi connectivity index (χ3v) is 5.46. The summed E-state index contributed by atoms with van der Waals surface area (Å²) in [4.78, 5) is 0. The molecule has 6 unspecified atom stereocenters. The summed E-state index contributed by atoms with van der Waals surface area (Å²) in [5.74, 6) is 2.48. The van der Waals surface area contributed by atoms with Crippen LogP contribution in [-0.2, 0) is 0 Å². The van der Waals surface area contributed by atoms with Crippen LogP contribution in [0.2, 0.25) is 0 Å². The Balaban J connectivity index is 2.10. The van der Waals surface area contributed by atoms with Crippen LogP contribution < -0.4 is 0 Å². The quantitative estimate of drug-likeness (QED) is 0.538. The molecular formula is C11H20S3. The lowest BCUT2D eigenvalue weighted by Gasteiger charge is -2.46. The standard InChI is InChI=1S/C11H20S3/c1-6-2-7(12)4-10-9(6)3-8(13)5-11(10)14/h6-14H,2-5H2,1H3. The minimum atomic E-state index is 0.564. The summed E-state index contributed by atoms with van der Waals surface area (Å²) in [6.07, 6.45) is 5.03. The largest absolute Gasteiger partial charge is 0.176 e. The van der Waals surface area contributed by atoms with Gasteiger partial charge in [0.1, 0.15) is 0 Å². The normalized spacial score (nSPS) is 54.0. The smallest absolute Gasteiger partial charge is 0.00586 e. The van der Waals surface area contributed by atoms with Crippen molar-refractivity contribution in [3.63, 3.8) is 0 Å². The molecule has 14 heavy (non-hydrogen) atoms. The van der Waals surface area contributed by atoms with Crippen LogP contribution in [0.3, 0.4) is 0 Å². The van der Waals surface area contributed by atoms with Gasteiger partial charge >= 0.3 is 0 Å². The van der Waals surface area contributed by atoms with Crippen LogP contribution in [0, 0.1) is 17.8 Å². The first-order valence-electron chi connectivity index (χ1n) is 5.62. The summed E-state index contributed by atoms with van der Waals surface area (Å²) in [5, 5.41) is 1.75. The second kappa shape index (κ2) is 4.50. The van der Waals surface area contributed by atoms with E-state index in [9.17, 15) is 0 Å². The lowest BCUT2D eigenvalue weighted by Crippen LogP contribution is -2.42. The van der Waals surface area contributed by atoms with Crippen molar-refractivity contribution in [2.24, 2.45) is 17.8 Å². The molecule has 0 N–H and O–H groups in total. The topological polar surface area (TPSA) is 0 Å². The van der Waals surface area contributed by atoms with E-state index in [1.54, 1.807) is 0 Å². The fourth-order valence-electron chi connectivity index (χ4n) is 3.32. The van der Waals surface area contributed by atoms with Crippen LogP contribution in [0.1, 0.15) is 32.6 Å². The van der Waals surface area contributed by atoms with E-state index in [4.69, 9.17) is 12.6 Å². The Morgan fingerprint density at radius 1 is 0.786 bits per heavy atom. The predicted octanol–water partition coefficient (Wildman–Crippen LogP) is 3.34. The van der Waals surface area contributed by atoms with E-state index in [2.05, 4.69) is 32.2 Å². The van der Waals surface area contributed by atoms with Crippen LogP contribution in [0.25, 0.3) is 0 Å². The van der Waals surface area contributed by atoms with Gasteiger partial charge in [0.15, 0.2) is 0 Å². The molecule has 2 rings (SSSR count). The molecule has 0 aromatic carbocycles. The molecule has 0 aromatic rings. The summed E-state index contributed by atoms with van der Waals surface area (Å²) in [5.41, 5.74) is 0. The van der Waals surface area contributed by atoms with Crippen molar-refractivity contribution in [2.45, 2.75) is 48.4 Å². The summed E-state index contributed by atoms with van der Waals surface area (Å²) >= 11 is 14.0. The molecule has 0 aromatic heterocycles. The summed E-state index contributed by atoms with van der Waals surface area (Å²) < 4.78 is 0. The van der Waals surface area contributed by atoms with Crippen LogP contribution in [0.5, 0.6) is 0 Å². The molecule has 0 aliphatic heterocycles. The SMILES string of the molecule is CC1CC(S)CC2C(S)CC(S)CC12. The number of hydrogen-bond acceptors (Lipinski definition) is 3. The monoisotopic (exact) mass is 248 g/mol. The van der Waals surface area contributed by atoms with Crippen molar-refractivity contribution in [1.29, 1.82) is 0 Å². The average molecular weight is 248 g/mol. The molecular weight excluding hydrogens is 228 g/mol. The zero-order chi connectivity index (χ0) is 10.3. The zero-order valence-electron chi connectivity index (χ0n) is 8.63. The average Bonchev–Trinajstić information content (AvgIpc) is 2.07. The van der Waals surface area contributed by atoms with Gasteiger partial charge in [-0.1, -0.05) is 6.92 Å². The fraction of sp³-hybridized carbons (Fsp3) is 1.00. The number of rotatable bonds is 0. The highest BCUT2D eigenvalue weighted by Crippen LogP contribution is 2.47. The maximum absolute atomic E-state index is 4.74. The van der Waals surface area contributed by atoms with Gasteiger partial charge in [-0.15, -0.1) is 0 Å². The van der Waals surface area contributed by atoms with Crippen LogP contribution in [0.15, 0.2) is 0 Å². The number of thiol groups is 3. The first-order valence-corrected chi connectivity index (χ1v) is 7.17. The Morgan fingerprint density at radius 2 is 1.36 bits per heavy atom. The lowest BCUT2D eigenvalue weighted by atomic mass is 9.65. The lowest BCUT2D eigenvalue weighted by molar-refractivity contribution is 0.129. The molecule has 0 radical (unpaired) electrons. The maximum atomic E-state index is 4.74. The predicted molar refractivity (Wildman–Crippen MR) is 72.9 cm³/mol. The van der Waals surface area contributed by atoms with E-state index in [1.807, 2.05) is 0 Å². The van der Waals surface area contributed by atoms with Gasteiger partial charge < -0.3 is 0 Å². The van der Waals surface area contributed by atoms with Crippen molar-refractivity contribution < 1.29 is 0 Å². The zero-order valence-corrected chi connectivity index (χ0v) is 11.3. The molecule has 2 aliphatic rings. The number of hydrogen-bond donors (Lipinski definition) is 3. The van der Waals surface area contributed by atoms with Gasteiger partial charge in [-0.05, 0) is 43.4 Å². The van der Waals surface area contributed by atoms with Crippen molar-refractivity contribution in [2.75, 3.05) is 0 Å². The van der Waals surface area contributed by atoms with Gasteiger partial charge in [-0.2, -0.15) is 37.9 Å². The van der Waals surface area contributed by atoms with Gasteiger partial charge in [-0.3, -0.25) is 0 Å². The van der Waals surface area contributed by atoms with E-state index in [1.165, 1.54) is 25.7 Å². The van der Waals surface area contributed by atoms with E-state index in [0.29, 0.717) is 15.7 Å². The number of fused-ring (bicyclic) bond motifs is 1. The third-order valence-electron chi connectivity index (χ3n) is 4.02. The minimum absolute atomic E-state index is 0.564. The molecule has 2 saturated carbocycles. The molecule has 0 heterocycles. The summed E-state index contributed by atoms with van der Waals surface area (Å²) in [6.45, 7) is 2.38. The molecule has 0 saturated heterocycles. The molecule has 3 heteroatoms. The Labute approximate surface area is 104 Å². The van der Waals surface area contributed by atoms with Crippen LogP contribution in [-0.4, -0.2) is 15.7 Å².